The lowest BCUT2D eigenvalue weighted by Crippen LogP contribution is -2.43. The number of carboxylic acids is 1. The second kappa shape index (κ2) is 4.09. The Morgan fingerprint density at radius 1 is 1.47 bits per heavy atom. The minimum absolute atomic E-state index is 0.134. The smallest absolute Gasteiger partial charge is 0.354 e. The molecular formula is C12H14N2O3. The summed E-state index contributed by atoms with van der Waals surface area (Å²) < 4.78 is 5.21. The third-order valence-corrected chi connectivity index (χ3v) is 3.42. The van der Waals surface area contributed by atoms with Gasteiger partial charge in [0.25, 0.3) is 0 Å². The van der Waals surface area contributed by atoms with Crippen LogP contribution in [0.1, 0.15) is 27.8 Å². The molecule has 1 fully saturated rings. The summed E-state index contributed by atoms with van der Waals surface area (Å²) in [4.78, 5) is 15.1. The molecule has 90 valence electrons. The Morgan fingerprint density at radius 3 is 2.94 bits per heavy atom. The maximum Gasteiger partial charge on any atom is 0.354 e. The van der Waals surface area contributed by atoms with Crippen LogP contribution in [0.15, 0.2) is 12.1 Å². The number of carbonyl (C=O) groups is 1. The van der Waals surface area contributed by atoms with Crippen LogP contribution in [0.4, 0.5) is 0 Å². The van der Waals surface area contributed by atoms with E-state index in [0.717, 1.165) is 37.4 Å². The molecule has 0 spiro atoms. The Labute approximate surface area is 98.8 Å². The molecule has 0 bridgehead atoms. The number of hydrogen-bond donors (Lipinski definition) is 2. The molecule has 5 nitrogen and oxygen atoms in total. The number of nitrogens with one attached hydrogen (secondary N) is 1. The van der Waals surface area contributed by atoms with Crippen LogP contribution >= 0.6 is 0 Å². The lowest BCUT2D eigenvalue weighted by Gasteiger charge is -2.37. The highest BCUT2D eigenvalue weighted by molar-refractivity contribution is 5.85. The summed E-state index contributed by atoms with van der Waals surface area (Å²) in [6, 6.07) is 3.74. The van der Waals surface area contributed by atoms with Crippen LogP contribution in [0, 0.1) is 5.92 Å². The fourth-order valence-electron chi connectivity index (χ4n) is 2.44. The maximum absolute atomic E-state index is 10.9. The molecule has 0 amide bonds. The van der Waals surface area contributed by atoms with E-state index in [2.05, 4.69) is 10.3 Å². The van der Waals surface area contributed by atoms with Gasteiger partial charge in [-0.1, -0.05) is 6.07 Å². The molecule has 0 aliphatic carbocycles. The lowest BCUT2D eigenvalue weighted by atomic mass is 9.87. The normalized spacial score (nSPS) is 23.9. The molecule has 1 aromatic heterocycles. The fourth-order valence-corrected chi connectivity index (χ4v) is 2.44. The van der Waals surface area contributed by atoms with Gasteiger partial charge < -0.3 is 15.2 Å². The summed E-state index contributed by atoms with van der Waals surface area (Å²) in [6.07, 6.45) is 0.792. The van der Waals surface area contributed by atoms with E-state index in [1.807, 2.05) is 6.07 Å². The van der Waals surface area contributed by atoms with Gasteiger partial charge in [0.05, 0.1) is 13.2 Å². The molecule has 1 unspecified atom stereocenters. The number of rotatable bonds is 2. The molecule has 0 saturated carbocycles. The fraction of sp³-hybridized carbons (Fsp3) is 0.500. The number of hydrogen-bond acceptors (Lipinski definition) is 4. The first-order valence-corrected chi connectivity index (χ1v) is 5.80. The Bertz CT molecular complexity index is 457. The summed E-state index contributed by atoms with van der Waals surface area (Å²) in [5, 5.41) is 12.4. The summed E-state index contributed by atoms with van der Waals surface area (Å²) in [7, 11) is 0. The van der Waals surface area contributed by atoms with Crippen molar-refractivity contribution in [3.8, 4) is 0 Å². The molecule has 2 aliphatic heterocycles. The van der Waals surface area contributed by atoms with E-state index in [0.29, 0.717) is 5.92 Å². The van der Waals surface area contributed by atoms with Crippen LogP contribution in [0.25, 0.3) is 0 Å². The van der Waals surface area contributed by atoms with Crippen LogP contribution < -0.4 is 5.32 Å². The van der Waals surface area contributed by atoms with Crippen LogP contribution in [0.3, 0.4) is 0 Å². The first kappa shape index (κ1) is 10.7. The number of aromatic carboxylic acids is 1. The van der Waals surface area contributed by atoms with Gasteiger partial charge in [0.1, 0.15) is 5.69 Å². The van der Waals surface area contributed by atoms with Crippen molar-refractivity contribution in [2.45, 2.75) is 12.5 Å². The van der Waals surface area contributed by atoms with Crippen molar-refractivity contribution >= 4 is 5.97 Å². The topological polar surface area (TPSA) is 71.5 Å². The minimum Gasteiger partial charge on any atom is -0.477 e. The largest absolute Gasteiger partial charge is 0.477 e. The number of aromatic nitrogens is 1. The Hall–Kier alpha value is -1.46. The second-order valence-corrected chi connectivity index (χ2v) is 4.52. The van der Waals surface area contributed by atoms with Crippen molar-refractivity contribution in [1.29, 1.82) is 0 Å². The number of carboxylic acid groups (broad SMARTS) is 1. The molecule has 17 heavy (non-hydrogen) atoms. The van der Waals surface area contributed by atoms with Gasteiger partial charge in [-0.15, -0.1) is 0 Å². The SMILES string of the molecule is O=C(O)c1ccc2c(n1)CCNC2C1COC1. The standard InChI is InChI=1S/C12H14N2O3/c15-12(16)10-2-1-8-9(14-10)3-4-13-11(8)7-5-17-6-7/h1-2,7,11,13H,3-6H2,(H,15,16). The third-order valence-electron chi connectivity index (χ3n) is 3.42. The molecule has 5 heteroatoms. The molecule has 2 N–H and O–H groups in total. The third kappa shape index (κ3) is 1.81. The first-order valence-electron chi connectivity index (χ1n) is 5.80. The predicted octanol–water partition coefficient (Wildman–Crippen LogP) is 0.613. The first-order chi connectivity index (χ1) is 8.25. The van der Waals surface area contributed by atoms with Gasteiger partial charge in [0, 0.05) is 30.6 Å². The molecule has 0 aromatic carbocycles. The zero-order valence-electron chi connectivity index (χ0n) is 9.35. The van der Waals surface area contributed by atoms with Crippen molar-refractivity contribution in [3.63, 3.8) is 0 Å². The van der Waals surface area contributed by atoms with Gasteiger partial charge in [0.15, 0.2) is 0 Å². The summed E-state index contributed by atoms with van der Waals surface area (Å²) in [6.45, 7) is 2.40. The van der Waals surface area contributed by atoms with Crippen LogP contribution in [0.5, 0.6) is 0 Å². The van der Waals surface area contributed by atoms with E-state index in [1.54, 1.807) is 6.07 Å². The second-order valence-electron chi connectivity index (χ2n) is 4.52. The maximum atomic E-state index is 10.9. The highest BCUT2D eigenvalue weighted by atomic mass is 16.5. The van der Waals surface area contributed by atoms with Gasteiger partial charge in [-0.05, 0) is 11.6 Å². The Morgan fingerprint density at radius 2 is 2.29 bits per heavy atom. The number of pyridine rings is 1. The summed E-state index contributed by atoms with van der Waals surface area (Å²) in [5.41, 5.74) is 2.18. The van der Waals surface area contributed by atoms with Gasteiger partial charge in [-0.3, -0.25) is 0 Å². The van der Waals surface area contributed by atoms with E-state index in [4.69, 9.17) is 9.84 Å². The minimum atomic E-state index is -0.963. The number of ether oxygens (including phenoxy) is 1. The Kier molecular flexibility index (Phi) is 2.57. The van der Waals surface area contributed by atoms with Crippen molar-refractivity contribution in [2.75, 3.05) is 19.8 Å². The van der Waals surface area contributed by atoms with E-state index < -0.39 is 5.97 Å². The van der Waals surface area contributed by atoms with Crippen molar-refractivity contribution in [2.24, 2.45) is 5.92 Å². The highest BCUT2D eigenvalue weighted by Gasteiger charge is 2.33. The molecular weight excluding hydrogens is 220 g/mol. The quantitative estimate of drug-likeness (QED) is 0.784. The molecule has 1 aromatic rings. The highest BCUT2D eigenvalue weighted by Crippen LogP contribution is 2.32. The van der Waals surface area contributed by atoms with E-state index in [-0.39, 0.29) is 11.7 Å². The molecule has 2 aliphatic rings. The van der Waals surface area contributed by atoms with Crippen molar-refractivity contribution < 1.29 is 14.6 Å². The molecule has 3 heterocycles. The van der Waals surface area contributed by atoms with E-state index >= 15 is 0 Å². The monoisotopic (exact) mass is 234 g/mol. The van der Waals surface area contributed by atoms with Crippen molar-refractivity contribution in [1.82, 2.24) is 10.3 Å². The summed E-state index contributed by atoms with van der Waals surface area (Å²) >= 11 is 0. The number of fused-ring (bicyclic) bond motifs is 1. The van der Waals surface area contributed by atoms with Crippen molar-refractivity contribution in [3.05, 3.63) is 29.1 Å². The summed E-state index contributed by atoms with van der Waals surface area (Å²) in [5.74, 6) is -0.471. The van der Waals surface area contributed by atoms with Crippen LogP contribution in [0.2, 0.25) is 0 Å². The predicted molar refractivity (Wildman–Crippen MR) is 60.0 cm³/mol. The zero-order chi connectivity index (χ0) is 11.8. The van der Waals surface area contributed by atoms with Gasteiger partial charge in [-0.25, -0.2) is 9.78 Å². The van der Waals surface area contributed by atoms with E-state index in [9.17, 15) is 4.79 Å². The van der Waals surface area contributed by atoms with Gasteiger partial charge in [-0.2, -0.15) is 0 Å². The molecule has 0 radical (unpaired) electrons. The average molecular weight is 234 g/mol. The lowest BCUT2D eigenvalue weighted by molar-refractivity contribution is -0.0513. The Balaban J connectivity index is 1.94. The van der Waals surface area contributed by atoms with E-state index in [1.165, 1.54) is 0 Å². The van der Waals surface area contributed by atoms with Gasteiger partial charge >= 0.3 is 5.97 Å². The molecule has 1 saturated heterocycles. The average Bonchev–Trinajstić information content (AvgIpc) is 2.26. The molecule has 1 atom stereocenters. The number of nitrogens with zero attached hydrogens (tertiary/aromatic N) is 1. The van der Waals surface area contributed by atoms with Crippen LogP contribution in [-0.2, 0) is 11.2 Å². The van der Waals surface area contributed by atoms with Gasteiger partial charge in [0.2, 0.25) is 0 Å². The zero-order valence-corrected chi connectivity index (χ0v) is 9.35. The van der Waals surface area contributed by atoms with Crippen LogP contribution in [-0.4, -0.2) is 35.8 Å². The molecule has 3 rings (SSSR count).